The summed E-state index contributed by atoms with van der Waals surface area (Å²) in [6.45, 7) is 3.89. The average molecular weight is 202 g/mol. The standard InChI is InChI=1S/C6H13F3O2Si/c1-3-10-12(11-4-2)5-6(7,8)9/h12H,3-5H2,1-2H3. The fraction of sp³-hybridized carbons (Fsp3) is 1.00. The van der Waals surface area contributed by atoms with E-state index < -0.39 is 21.5 Å². The van der Waals surface area contributed by atoms with Crippen LogP contribution in [0.25, 0.3) is 0 Å². The lowest BCUT2D eigenvalue weighted by atomic mass is 10.8. The largest absolute Gasteiger partial charge is 0.397 e. The van der Waals surface area contributed by atoms with Crippen molar-refractivity contribution in [2.45, 2.75) is 26.1 Å². The predicted molar refractivity (Wildman–Crippen MR) is 41.3 cm³/mol. The molecular formula is C6H13F3O2Si. The van der Waals surface area contributed by atoms with Gasteiger partial charge in [0.05, 0.1) is 6.04 Å². The van der Waals surface area contributed by atoms with Crippen LogP contribution >= 0.6 is 0 Å². The van der Waals surface area contributed by atoms with E-state index >= 15 is 0 Å². The zero-order valence-corrected chi connectivity index (χ0v) is 8.30. The highest BCUT2D eigenvalue weighted by atomic mass is 28.3. The van der Waals surface area contributed by atoms with Gasteiger partial charge < -0.3 is 8.85 Å². The molecule has 0 aliphatic heterocycles. The first-order valence-corrected chi connectivity index (χ1v) is 5.55. The van der Waals surface area contributed by atoms with Gasteiger partial charge in [-0.05, 0) is 13.8 Å². The van der Waals surface area contributed by atoms with Crippen molar-refractivity contribution in [3.63, 3.8) is 0 Å². The Labute approximate surface area is 71.5 Å². The molecule has 0 aliphatic carbocycles. The Morgan fingerprint density at radius 3 is 1.75 bits per heavy atom. The van der Waals surface area contributed by atoms with Gasteiger partial charge in [0.15, 0.2) is 0 Å². The Bertz CT molecular complexity index is 112. The molecule has 0 aromatic rings. The second-order valence-corrected chi connectivity index (χ2v) is 4.09. The fourth-order valence-corrected chi connectivity index (χ4v) is 2.18. The van der Waals surface area contributed by atoms with Gasteiger partial charge in [0.2, 0.25) is 0 Å². The maximum absolute atomic E-state index is 11.8. The van der Waals surface area contributed by atoms with Crippen molar-refractivity contribution in [3.05, 3.63) is 0 Å². The van der Waals surface area contributed by atoms with Crippen LogP contribution < -0.4 is 0 Å². The monoisotopic (exact) mass is 202 g/mol. The molecule has 0 bridgehead atoms. The van der Waals surface area contributed by atoms with Crippen LogP contribution in [0.1, 0.15) is 13.8 Å². The molecule has 0 saturated heterocycles. The van der Waals surface area contributed by atoms with Crippen molar-refractivity contribution < 1.29 is 22.0 Å². The van der Waals surface area contributed by atoms with Crippen molar-refractivity contribution in [1.29, 1.82) is 0 Å². The van der Waals surface area contributed by atoms with E-state index in [1.165, 1.54) is 0 Å². The second-order valence-electron chi connectivity index (χ2n) is 2.16. The Hall–Kier alpha value is -0.0731. The quantitative estimate of drug-likeness (QED) is 0.633. The minimum absolute atomic E-state index is 0.285. The summed E-state index contributed by atoms with van der Waals surface area (Å²) >= 11 is 0. The van der Waals surface area contributed by atoms with Gasteiger partial charge in [-0.1, -0.05) is 0 Å². The van der Waals surface area contributed by atoms with E-state index in [1.54, 1.807) is 13.8 Å². The normalized spacial score (nSPS) is 12.5. The Morgan fingerprint density at radius 2 is 1.50 bits per heavy atom. The molecule has 74 valence electrons. The van der Waals surface area contributed by atoms with Gasteiger partial charge in [-0.15, -0.1) is 0 Å². The molecule has 0 radical (unpaired) electrons. The zero-order valence-electron chi connectivity index (χ0n) is 7.15. The molecule has 2 nitrogen and oxygen atoms in total. The van der Waals surface area contributed by atoms with Crippen LogP contribution in [0.15, 0.2) is 0 Å². The van der Waals surface area contributed by atoms with Gasteiger partial charge in [-0.25, -0.2) is 0 Å². The van der Waals surface area contributed by atoms with E-state index in [1.807, 2.05) is 0 Å². The molecular weight excluding hydrogens is 189 g/mol. The maximum Gasteiger partial charge on any atom is 0.391 e. The first-order chi connectivity index (χ1) is 5.49. The molecule has 0 heterocycles. The molecule has 0 aromatic carbocycles. The number of hydrogen-bond donors (Lipinski definition) is 0. The van der Waals surface area contributed by atoms with Crippen LogP contribution in [0, 0.1) is 0 Å². The summed E-state index contributed by atoms with van der Waals surface area (Å²) in [5, 5.41) is 0. The first kappa shape index (κ1) is 11.9. The molecule has 6 heteroatoms. The summed E-state index contributed by atoms with van der Waals surface area (Å²) in [4.78, 5) is 0. The Kier molecular flexibility index (Phi) is 5.52. The van der Waals surface area contributed by atoms with E-state index in [-0.39, 0.29) is 13.2 Å². The third-order valence-corrected chi connectivity index (χ3v) is 3.31. The van der Waals surface area contributed by atoms with Gasteiger partial charge in [0, 0.05) is 13.2 Å². The molecule has 0 aromatic heterocycles. The number of rotatable bonds is 5. The van der Waals surface area contributed by atoms with Crippen molar-refractivity contribution in [1.82, 2.24) is 0 Å². The highest BCUT2D eigenvalue weighted by molar-refractivity contribution is 6.44. The molecule has 0 saturated carbocycles. The van der Waals surface area contributed by atoms with E-state index in [2.05, 4.69) is 0 Å². The van der Waals surface area contributed by atoms with E-state index in [4.69, 9.17) is 8.85 Å². The smallest absolute Gasteiger partial charge is 0.391 e. The minimum atomic E-state index is -4.17. The predicted octanol–water partition coefficient (Wildman–Crippen LogP) is 1.84. The van der Waals surface area contributed by atoms with E-state index in [0.717, 1.165) is 0 Å². The van der Waals surface area contributed by atoms with Crippen LogP contribution in [-0.4, -0.2) is 28.7 Å². The molecule has 12 heavy (non-hydrogen) atoms. The second kappa shape index (κ2) is 5.55. The minimum Gasteiger partial charge on any atom is -0.397 e. The molecule has 0 amide bonds. The summed E-state index contributed by atoms with van der Waals surface area (Å²) in [7, 11) is -2.48. The van der Waals surface area contributed by atoms with Crippen LogP contribution in [0.4, 0.5) is 13.2 Å². The van der Waals surface area contributed by atoms with Crippen LogP contribution in [0.5, 0.6) is 0 Å². The van der Waals surface area contributed by atoms with Gasteiger partial charge in [0.25, 0.3) is 0 Å². The molecule has 0 rings (SSSR count). The topological polar surface area (TPSA) is 18.5 Å². The van der Waals surface area contributed by atoms with Gasteiger partial charge in [-0.2, -0.15) is 13.2 Å². The van der Waals surface area contributed by atoms with Gasteiger partial charge in [0.1, 0.15) is 0 Å². The third-order valence-electron chi connectivity index (χ3n) is 1.10. The lowest BCUT2D eigenvalue weighted by Gasteiger charge is -2.15. The number of alkyl halides is 3. The average Bonchev–Trinajstić information content (AvgIpc) is 1.84. The number of hydrogen-bond acceptors (Lipinski definition) is 2. The van der Waals surface area contributed by atoms with Crippen molar-refractivity contribution >= 4 is 9.28 Å². The van der Waals surface area contributed by atoms with Gasteiger partial charge in [-0.3, -0.25) is 0 Å². The van der Waals surface area contributed by atoms with E-state index in [9.17, 15) is 13.2 Å². The Balaban J connectivity index is 3.77. The van der Waals surface area contributed by atoms with Crippen LogP contribution in [0.2, 0.25) is 6.04 Å². The van der Waals surface area contributed by atoms with Crippen molar-refractivity contribution in [2.24, 2.45) is 0 Å². The van der Waals surface area contributed by atoms with Crippen molar-refractivity contribution in [3.8, 4) is 0 Å². The molecule has 0 spiro atoms. The maximum atomic E-state index is 11.8. The summed E-state index contributed by atoms with van der Waals surface area (Å²) in [6.07, 6.45) is -4.17. The Morgan fingerprint density at radius 1 is 1.08 bits per heavy atom. The molecule has 0 unspecified atom stereocenters. The van der Waals surface area contributed by atoms with E-state index in [0.29, 0.717) is 0 Å². The lowest BCUT2D eigenvalue weighted by molar-refractivity contribution is -0.115. The summed E-state index contributed by atoms with van der Waals surface area (Å²) in [5.74, 6) is 0. The van der Waals surface area contributed by atoms with Crippen LogP contribution in [0.3, 0.4) is 0 Å². The fourth-order valence-electron chi connectivity index (χ4n) is 0.727. The number of halogens is 3. The highest BCUT2D eigenvalue weighted by Gasteiger charge is 2.34. The molecule has 0 atom stereocenters. The third kappa shape index (κ3) is 6.63. The van der Waals surface area contributed by atoms with Crippen molar-refractivity contribution in [2.75, 3.05) is 13.2 Å². The summed E-state index contributed by atoms with van der Waals surface area (Å²) in [5.41, 5.74) is 0. The summed E-state index contributed by atoms with van der Waals surface area (Å²) < 4.78 is 45.2. The first-order valence-electron chi connectivity index (χ1n) is 3.79. The molecule has 0 aliphatic rings. The molecule has 0 fully saturated rings. The van der Waals surface area contributed by atoms with Crippen LogP contribution in [-0.2, 0) is 8.85 Å². The summed E-state index contributed by atoms with van der Waals surface area (Å²) in [6, 6.07) is -0.908. The lowest BCUT2D eigenvalue weighted by Crippen LogP contribution is -2.29. The highest BCUT2D eigenvalue weighted by Crippen LogP contribution is 2.22. The SMILES string of the molecule is CCO[SiH](CC(F)(F)F)OCC. The molecule has 0 N–H and O–H groups in total. The zero-order chi connectivity index (χ0) is 9.61. The van der Waals surface area contributed by atoms with Gasteiger partial charge >= 0.3 is 15.5 Å².